The van der Waals surface area contributed by atoms with Crippen molar-refractivity contribution in [2.75, 3.05) is 19.8 Å². The molecule has 0 amide bonds. The highest BCUT2D eigenvalue weighted by molar-refractivity contribution is 7.47. The van der Waals surface area contributed by atoms with Crippen LogP contribution < -0.4 is 0 Å². The van der Waals surface area contributed by atoms with Crippen LogP contribution in [0.2, 0.25) is 0 Å². The molecule has 10 nitrogen and oxygen atoms in total. The first-order valence-electron chi connectivity index (χ1n) is 16.9. The third-order valence-corrected chi connectivity index (χ3v) is 12.8. The van der Waals surface area contributed by atoms with Gasteiger partial charge >= 0.3 is 7.82 Å². The van der Waals surface area contributed by atoms with Gasteiger partial charge in [-0.25, -0.2) is 8.96 Å². The maximum absolute atomic E-state index is 17.3. The number of carbonyl (C=O) groups is 3. The molecule has 0 radical (unpaired) electrons. The third-order valence-electron chi connectivity index (χ3n) is 11.8. The number of ether oxygens (including phenoxy) is 1. The van der Waals surface area contributed by atoms with E-state index in [0.717, 1.165) is 32.1 Å². The molecule has 0 saturated heterocycles. The van der Waals surface area contributed by atoms with Crippen LogP contribution in [0.5, 0.6) is 0 Å². The van der Waals surface area contributed by atoms with E-state index >= 15 is 4.39 Å². The number of Topliss-reactive ketones (excluding diaryl/α,β-unsaturated/α-hetero) is 2. The molecule has 0 aromatic carbocycles. The smallest absolute Gasteiger partial charge is 0.390 e. The van der Waals surface area contributed by atoms with Gasteiger partial charge in [0, 0.05) is 29.6 Å². The van der Waals surface area contributed by atoms with E-state index in [0.29, 0.717) is 24.8 Å². The molecule has 2 unspecified atom stereocenters. The Morgan fingerprint density at radius 1 is 1.13 bits per heavy atom. The van der Waals surface area contributed by atoms with E-state index in [4.69, 9.17) is 13.8 Å². The summed E-state index contributed by atoms with van der Waals surface area (Å²) in [5.74, 6) is 2.99. The molecule has 3 N–H and O–H groups in total. The second-order valence-electron chi connectivity index (χ2n) is 14.5. The fraction of sp³-hybridized carbons (Fsp3) is 0.743. The number of halogens is 1. The number of aliphatic hydroxyl groups is 2. The van der Waals surface area contributed by atoms with E-state index in [1.54, 1.807) is 26.8 Å². The molecule has 5 rings (SSSR count). The molecule has 0 spiro atoms. The van der Waals surface area contributed by atoms with Crippen molar-refractivity contribution in [2.45, 2.75) is 115 Å². The average Bonchev–Trinajstić information content (AvgIpc) is 3.20. The largest absolute Gasteiger partial charge is 0.472 e. The second kappa shape index (κ2) is 13.7. The van der Waals surface area contributed by atoms with Crippen molar-refractivity contribution in [1.29, 1.82) is 0 Å². The first-order valence-corrected chi connectivity index (χ1v) is 18.4. The summed E-state index contributed by atoms with van der Waals surface area (Å²) < 4.78 is 45.6. The Hall–Kier alpha value is -2.03. The monoisotopic (exact) mass is 678 g/mol. The van der Waals surface area contributed by atoms with E-state index in [1.165, 1.54) is 12.2 Å². The number of allylic oxidation sites excluding steroid dienone is 4. The molecule has 0 bridgehead atoms. The van der Waals surface area contributed by atoms with Crippen molar-refractivity contribution in [2.24, 2.45) is 28.6 Å². The summed E-state index contributed by atoms with van der Waals surface area (Å²) in [5, 5.41) is 23.5. The van der Waals surface area contributed by atoms with Crippen molar-refractivity contribution in [1.82, 2.24) is 0 Å². The molecule has 0 aromatic heterocycles. The Labute approximate surface area is 276 Å². The number of alkyl halides is 1. The quantitative estimate of drug-likeness (QED) is 0.150. The zero-order chi connectivity index (χ0) is 34.3. The van der Waals surface area contributed by atoms with Gasteiger partial charge in [-0.15, -0.1) is 5.92 Å². The van der Waals surface area contributed by atoms with Gasteiger partial charge < -0.3 is 19.8 Å². The molecule has 5 aliphatic rings. The number of fused-ring (bicyclic) bond motifs is 5. The van der Waals surface area contributed by atoms with Crippen LogP contribution in [-0.4, -0.2) is 75.8 Å². The molecule has 0 heterocycles. The molecule has 260 valence electrons. The summed E-state index contributed by atoms with van der Waals surface area (Å²) in [6.45, 7) is 3.74. The Kier molecular flexibility index (Phi) is 10.6. The standard InChI is InChI=1S/C35H48FO10P/c1-23-18-29-28-14-13-24-19-25(37)15-16-32(24,2)34(28,36)30(39)20-33(29,3)35(23,41)31(40)22-46-47(42,43)45-17-9-10-26(38)21-44-27-11-7-5-4-6-8-12-27/h15-16,19,23,27-30,39,41H,4-7,9-11,13-14,17-18,20-22H2,1-3H3,(H,42,43)/t23-,27?,28+,29+,30+,32+,33+,34+,35+/m1/s1. The molecule has 12 heteroatoms. The van der Waals surface area contributed by atoms with Crippen LogP contribution in [0.1, 0.15) is 91.4 Å². The van der Waals surface area contributed by atoms with Gasteiger partial charge in [-0.1, -0.05) is 37.8 Å². The number of phosphoric acid groups is 1. The first-order chi connectivity index (χ1) is 22.1. The number of ketones is 3. The maximum Gasteiger partial charge on any atom is 0.472 e. The molecule has 0 aromatic rings. The molecular formula is C35H48FO10P. The number of hydrogen-bond acceptors (Lipinski definition) is 9. The minimum Gasteiger partial charge on any atom is -0.390 e. The zero-order valence-electron chi connectivity index (χ0n) is 27.5. The average molecular weight is 679 g/mol. The molecule has 47 heavy (non-hydrogen) atoms. The highest BCUT2D eigenvalue weighted by Gasteiger charge is 2.75. The van der Waals surface area contributed by atoms with Crippen molar-refractivity contribution < 1.29 is 52.2 Å². The van der Waals surface area contributed by atoms with E-state index in [9.17, 15) is 34.1 Å². The van der Waals surface area contributed by atoms with Crippen LogP contribution in [0.3, 0.4) is 0 Å². The van der Waals surface area contributed by atoms with E-state index in [-0.39, 0.29) is 50.1 Å². The van der Waals surface area contributed by atoms with Crippen molar-refractivity contribution in [3.63, 3.8) is 0 Å². The van der Waals surface area contributed by atoms with Crippen LogP contribution in [0.4, 0.5) is 4.39 Å². The van der Waals surface area contributed by atoms with E-state index < -0.39 is 66.2 Å². The lowest BCUT2D eigenvalue weighted by molar-refractivity contribution is -0.219. The van der Waals surface area contributed by atoms with Gasteiger partial charge in [0.1, 0.15) is 24.9 Å². The summed E-state index contributed by atoms with van der Waals surface area (Å²) >= 11 is 0. The lowest BCUT2D eigenvalue weighted by Gasteiger charge is -2.62. The number of hydrogen-bond donors (Lipinski definition) is 3. The second-order valence-corrected chi connectivity index (χ2v) is 16.0. The number of carbonyl (C=O) groups excluding carboxylic acids is 3. The fourth-order valence-corrected chi connectivity index (χ4v) is 9.96. The van der Waals surface area contributed by atoms with Crippen LogP contribution in [0.25, 0.3) is 0 Å². The lowest BCUT2D eigenvalue weighted by atomic mass is 9.44. The summed E-state index contributed by atoms with van der Waals surface area (Å²) in [5.41, 5.74) is -6.00. The van der Waals surface area contributed by atoms with Crippen molar-refractivity contribution >= 4 is 25.2 Å². The molecule has 3 saturated carbocycles. The molecular weight excluding hydrogens is 630 g/mol. The maximum atomic E-state index is 17.3. The SMILES string of the molecule is C[C@@H]1C[C@H]2[C@@H]3CCC4=CC(=O)C=C[C@]4(C)[C@@]3(F)[C@@H](O)C[C@]2(C)[C@@]1(O)C(=O)COP(=O)(O)OCCCC(=O)COC1C#CCCCCC1. The number of aliphatic hydroxyl groups excluding tert-OH is 1. The van der Waals surface area contributed by atoms with Crippen molar-refractivity contribution in [3.05, 3.63) is 23.8 Å². The molecule has 5 aliphatic carbocycles. The van der Waals surface area contributed by atoms with E-state index in [2.05, 4.69) is 11.8 Å². The normalized spacial score (nSPS) is 40.8. The minimum absolute atomic E-state index is 0.0536. The highest BCUT2D eigenvalue weighted by Crippen LogP contribution is 2.70. The van der Waals surface area contributed by atoms with Gasteiger partial charge in [-0.05, 0) is 82.3 Å². The third kappa shape index (κ3) is 6.52. The molecule has 10 atom stereocenters. The van der Waals surface area contributed by atoms with Gasteiger partial charge in [-0.2, -0.15) is 0 Å². The van der Waals surface area contributed by atoms with Gasteiger partial charge in [0.25, 0.3) is 0 Å². The Balaban J connectivity index is 1.16. The van der Waals surface area contributed by atoms with Crippen LogP contribution in [0, 0.1) is 40.4 Å². The van der Waals surface area contributed by atoms with Crippen LogP contribution >= 0.6 is 7.82 Å². The van der Waals surface area contributed by atoms with Gasteiger partial charge in [0.05, 0.1) is 12.7 Å². The highest BCUT2D eigenvalue weighted by atomic mass is 31.2. The fourth-order valence-electron chi connectivity index (χ4n) is 9.25. The van der Waals surface area contributed by atoms with E-state index in [1.807, 2.05) is 0 Å². The Morgan fingerprint density at radius 3 is 2.66 bits per heavy atom. The minimum atomic E-state index is -4.72. The van der Waals surface area contributed by atoms with Gasteiger partial charge in [0.2, 0.25) is 0 Å². The molecule has 3 fully saturated rings. The van der Waals surface area contributed by atoms with Crippen molar-refractivity contribution in [3.8, 4) is 11.8 Å². The zero-order valence-corrected chi connectivity index (χ0v) is 28.4. The first kappa shape index (κ1) is 36.3. The van der Waals surface area contributed by atoms with Gasteiger partial charge in [0.15, 0.2) is 23.0 Å². The molecule has 0 aliphatic heterocycles. The lowest BCUT2D eigenvalue weighted by Crippen LogP contribution is -2.69. The predicted molar refractivity (Wildman–Crippen MR) is 169 cm³/mol. The number of rotatable bonds is 12. The number of phosphoric ester groups is 1. The Morgan fingerprint density at radius 2 is 1.89 bits per heavy atom. The predicted octanol–water partition coefficient (Wildman–Crippen LogP) is 4.74. The topological polar surface area (TPSA) is 157 Å². The van der Waals surface area contributed by atoms with Gasteiger partial charge in [-0.3, -0.25) is 23.4 Å². The summed E-state index contributed by atoms with van der Waals surface area (Å²) in [6, 6.07) is 0. The summed E-state index contributed by atoms with van der Waals surface area (Å²) in [7, 11) is -4.72. The Bertz CT molecular complexity index is 1430. The van der Waals surface area contributed by atoms with Crippen LogP contribution in [0.15, 0.2) is 23.8 Å². The summed E-state index contributed by atoms with van der Waals surface area (Å²) in [6.07, 6.45) is 8.30. The summed E-state index contributed by atoms with van der Waals surface area (Å²) in [4.78, 5) is 48.2. The van der Waals surface area contributed by atoms with Crippen LogP contribution in [-0.2, 0) is 32.7 Å².